The van der Waals surface area contributed by atoms with Crippen molar-refractivity contribution in [3.05, 3.63) is 138 Å². The second-order valence-corrected chi connectivity index (χ2v) is 12.7. The Kier molecular flexibility index (Phi) is 10.1. The molecule has 0 saturated carbocycles. The third-order valence-electron chi connectivity index (χ3n) is 7.42. The van der Waals surface area contributed by atoms with E-state index in [9.17, 15) is 14.4 Å². The fourth-order valence-electron chi connectivity index (χ4n) is 5.07. The van der Waals surface area contributed by atoms with Gasteiger partial charge in [-0.2, -0.15) is 0 Å². The Morgan fingerprint density at radius 1 is 0.771 bits per heavy atom. The second kappa shape index (κ2) is 15.0. The van der Waals surface area contributed by atoms with Gasteiger partial charge in [0.25, 0.3) is 11.8 Å². The number of nitrogens with zero attached hydrogens (tertiary/aromatic N) is 1. The molecule has 0 bridgehead atoms. The van der Waals surface area contributed by atoms with E-state index < -0.39 is 11.8 Å². The van der Waals surface area contributed by atoms with Gasteiger partial charge in [-0.05, 0) is 84.9 Å². The highest BCUT2D eigenvalue weighted by Crippen LogP contribution is 2.48. The third kappa shape index (κ3) is 7.41. The van der Waals surface area contributed by atoms with Crippen LogP contribution in [0.15, 0.2) is 142 Å². The molecule has 8 nitrogen and oxygen atoms in total. The van der Waals surface area contributed by atoms with E-state index in [-0.39, 0.29) is 17.4 Å². The number of amides is 3. The molecular weight excluding hydrogens is 643 g/mol. The molecule has 0 aromatic heterocycles. The molecular formula is C38H31N3O5S2. The summed E-state index contributed by atoms with van der Waals surface area (Å²) >= 11 is 3.07. The molecule has 5 aromatic carbocycles. The van der Waals surface area contributed by atoms with Gasteiger partial charge < -0.3 is 20.1 Å². The number of hydrogen-bond donors (Lipinski definition) is 2. The average molecular weight is 674 g/mol. The first-order valence-electron chi connectivity index (χ1n) is 15.0. The smallest absolute Gasteiger partial charge is 0.272 e. The molecule has 10 heteroatoms. The highest BCUT2D eigenvalue weighted by Gasteiger charge is 2.27. The minimum atomic E-state index is -0.528. The maximum Gasteiger partial charge on any atom is 0.272 e. The zero-order valence-corrected chi connectivity index (χ0v) is 27.8. The van der Waals surface area contributed by atoms with Gasteiger partial charge in [0.15, 0.2) is 0 Å². The fraction of sp³-hybridized carbons (Fsp3) is 0.0789. The summed E-state index contributed by atoms with van der Waals surface area (Å²) in [5, 5.41) is 5.62. The topological polar surface area (TPSA) is 97.0 Å². The van der Waals surface area contributed by atoms with Gasteiger partial charge >= 0.3 is 0 Å². The van der Waals surface area contributed by atoms with Gasteiger partial charge in [0.1, 0.15) is 17.2 Å². The van der Waals surface area contributed by atoms with Crippen molar-refractivity contribution < 1.29 is 23.9 Å². The molecule has 48 heavy (non-hydrogen) atoms. The molecule has 1 aliphatic rings. The quantitative estimate of drug-likeness (QED) is 0.114. The highest BCUT2D eigenvalue weighted by molar-refractivity contribution is 8.00. The molecule has 1 aliphatic heterocycles. The van der Waals surface area contributed by atoms with Gasteiger partial charge in [0.2, 0.25) is 5.91 Å². The molecule has 0 spiro atoms. The number of fused-ring (bicyclic) bond motifs is 2. The van der Waals surface area contributed by atoms with Crippen molar-refractivity contribution in [2.24, 2.45) is 0 Å². The van der Waals surface area contributed by atoms with Crippen molar-refractivity contribution in [1.29, 1.82) is 0 Å². The van der Waals surface area contributed by atoms with Crippen molar-refractivity contribution in [3.8, 4) is 11.5 Å². The second-order valence-electron chi connectivity index (χ2n) is 10.5. The van der Waals surface area contributed by atoms with E-state index in [1.54, 1.807) is 84.4 Å². The van der Waals surface area contributed by atoms with Crippen LogP contribution in [0.1, 0.15) is 15.9 Å². The van der Waals surface area contributed by atoms with E-state index in [1.165, 1.54) is 18.9 Å². The Morgan fingerprint density at radius 2 is 1.42 bits per heavy atom. The minimum Gasteiger partial charge on any atom is -0.497 e. The van der Waals surface area contributed by atoms with Crippen molar-refractivity contribution in [2.45, 2.75) is 14.7 Å². The molecule has 5 aromatic rings. The van der Waals surface area contributed by atoms with E-state index in [4.69, 9.17) is 9.47 Å². The van der Waals surface area contributed by atoms with Crippen LogP contribution in [0.4, 0.5) is 17.1 Å². The Morgan fingerprint density at radius 3 is 2.06 bits per heavy atom. The van der Waals surface area contributed by atoms with Crippen molar-refractivity contribution in [2.75, 3.05) is 30.2 Å². The Balaban J connectivity index is 1.17. The van der Waals surface area contributed by atoms with Crippen LogP contribution in [0, 0.1) is 0 Å². The average Bonchev–Trinajstić information content (AvgIpc) is 3.13. The first-order valence-corrected chi connectivity index (χ1v) is 16.8. The van der Waals surface area contributed by atoms with E-state index in [2.05, 4.69) is 10.6 Å². The summed E-state index contributed by atoms with van der Waals surface area (Å²) in [5.74, 6) is 0.291. The highest BCUT2D eigenvalue weighted by atomic mass is 32.2. The summed E-state index contributed by atoms with van der Waals surface area (Å²) in [4.78, 5) is 45.0. The number of para-hydroxylation sites is 2. The number of ether oxygens (including phenoxy) is 2. The van der Waals surface area contributed by atoms with E-state index in [0.29, 0.717) is 28.3 Å². The summed E-state index contributed by atoms with van der Waals surface area (Å²) < 4.78 is 10.8. The SMILES string of the molecule is COc1ccc(OC)c(/C=C(\NC(=O)c2ccccc2)C(=O)Nc2ccc(SCC(=O)N3c4ccccc4Sc4ccccc43)cc2)c1. The van der Waals surface area contributed by atoms with Crippen LogP contribution >= 0.6 is 23.5 Å². The normalized spacial score (nSPS) is 12.0. The van der Waals surface area contributed by atoms with Crippen molar-refractivity contribution in [1.82, 2.24) is 5.32 Å². The molecule has 0 atom stereocenters. The third-order valence-corrected chi connectivity index (χ3v) is 9.55. The zero-order chi connectivity index (χ0) is 33.5. The summed E-state index contributed by atoms with van der Waals surface area (Å²) in [6.45, 7) is 0. The van der Waals surface area contributed by atoms with Crippen LogP contribution in [0.2, 0.25) is 0 Å². The lowest BCUT2D eigenvalue weighted by molar-refractivity contribution is -0.115. The zero-order valence-electron chi connectivity index (χ0n) is 26.1. The number of benzene rings is 5. The van der Waals surface area contributed by atoms with E-state index in [0.717, 1.165) is 26.1 Å². The van der Waals surface area contributed by atoms with E-state index >= 15 is 0 Å². The van der Waals surface area contributed by atoms with Gasteiger partial charge in [-0.25, -0.2) is 0 Å². The molecule has 0 radical (unpaired) electrons. The summed E-state index contributed by atoms with van der Waals surface area (Å²) in [7, 11) is 3.07. The van der Waals surface area contributed by atoms with Gasteiger partial charge in [-0.15, -0.1) is 11.8 Å². The minimum absolute atomic E-state index is 0.0136. The number of carbonyl (C=O) groups is 3. The van der Waals surface area contributed by atoms with Gasteiger partial charge in [0, 0.05) is 31.5 Å². The molecule has 6 rings (SSSR count). The number of hydrogen-bond acceptors (Lipinski definition) is 7. The van der Waals surface area contributed by atoms with Crippen LogP contribution in [0.3, 0.4) is 0 Å². The lowest BCUT2D eigenvalue weighted by atomic mass is 10.1. The first-order chi connectivity index (χ1) is 23.4. The summed E-state index contributed by atoms with van der Waals surface area (Å²) in [5.41, 5.74) is 3.23. The molecule has 0 saturated heterocycles. The molecule has 3 amide bonds. The molecule has 240 valence electrons. The van der Waals surface area contributed by atoms with Crippen LogP contribution in [-0.2, 0) is 9.59 Å². The predicted octanol–water partition coefficient (Wildman–Crippen LogP) is 8.04. The van der Waals surface area contributed by atoms with Gasteiger partial charge in [0.05, 0.1) is 31.3 Å². The maximum absolute atomic E-state index is 13.6. The van der Waals surface area contributed by atoms with Crippen LogP contribution in [0.5, 0.6) is 11.5 Å². The largest absolute Gasteiger partial charge is 0.497 e. The van der Waals surface area contributed by atoms with Gasteiger partial charge in [-0.1, -0.05) is 54.2 Å². The number of methoxy groups -OCH3 is 2. The number of carbonyl (C=O) groups excluding carboxylic acids is 3. The number of nitrogens with one attached hydrogen (secondary N) is 2. The molecule has 1 heterocycles. The summed E-state index contributed by atoms with van der Waals surface area (Å²) in [6, 6.07) is 36.8. The Bertz CT molecular complexity index is 1950. The Hall–Kier alpha value is -5.45. The van der Waals surface area contributed by atoms with Gasteiger partial charge in [-0.3, -0.25) is 19.3 Å². The molecule has 0 fully saturated rings. The first kappa shape index (κ1) is 32.5. The van der Waals surface area contributed by atoms with Crippen LogP contribution in [-0.4, -0.2) is 37.7 Å². The van der Waals surface area contributed by atoms with E-state index in [1.807, 2.05) is 66.7 Å². The molecule has 0 unspecified atom stereocenters. The summed E-state index contributed by atoms with van der Waals surface area (Å²) in [6.07, 6.45) is 1.54. The number of anilines is 3. The Labute approximate surface area is 287 Å². The lowest BCUT2D eigenvalue weighted by Gasteiger charge is -2.31. The lowest BCUT2D eigenvalue weighted by Crippen LogP contribution is -2.30. The predicted molar refractivity (Wildman–Crippen MR) is 191 cm³/mol. The van der Waals surface area contributed by atoms with Crippen LogP contribution < -0.4 is 25.0 Å². The standard InChI is InChI=1S/C38H31N3O5S2/c1-45-28-18-21-33(46-2)26(22-28)23-30(40-37(43)25-10-4-3-5-11-25)38(44)39-27-16-19-29(20-17-27)47-24-36(42)41-31-12-6-8-14-34(31)48-35-15-9-7-13-32(35)41/h3-23H,24H2,1-2H3,(H,39,44)(H,40,43)/b30-23-. The van der Waals surface area contributed by atoms with Crippen LogP contribution in [0.25, 0.3) is 6.08 Å². The monoisotopic (exact) mass is 673 g/mol. The number of rotatable bonds is 10. The fourth-order valence-corrected chi connectivity index (χ4v) is 6.87. The van der Waals surface area contributed by atoms with Crippen molar-refractivity contribution >= 4 is 64.4 Å². The maximum atomic E-state index is 13.6. The molecule has 2 N–H and O–H groups in total. The molecule has 0 aliphatic carbocycles. The van der Waals surface area contributed by atoms with Crippen molar-refractivity contribution in [3.63, 3.8) is 0 Å². The number of thioether (sulfide) groups is 1.